The highest BCUT2D eigenvalue weighted by atomic mass is 35.5. The third-order valence-electron chi connectivity index (χ3n) is 2.96. The van der Waals surface area contributed by atoms with Crippen molar-refractivity contribution in [1.82, 2.24) is 9.97 Å². The number of anilines is 1. The van der Waals surface area contributed by atoms with Gasteiger partial charge in [-0.2, -0.15) is 0 Å². The van der Waals surface area contributed by atoms with Crippen molar-refractivity contribution in [1.29, 1.82) is 0 Å². The molecule has 0 atom stereocenters. The summed E-state index contributed by atoms with van der Waals surface area (Å²) in [5.74, 6) is 1.55. The highest BCUT2D eigenvalue weighted by Crippen LogP contribution is 2.27. The first-order valence-corrected chi connectivity index (χ1v) is 6.14. The van der Waals surface area contributed by atoms with Crippen LogP contribution in [-0.2, 0) is 0 Å². The second-order valence-electron chi connectivity index (χ2n) is 4.20. The minimum absolute atomic E-state index is 0.539. The number of ether oxygens (including phenoxy) is 1. The van der Waals surface area contributed by atoms with Gasteiger partial charge in [0.2, 0.25) is 0 Å². The molecule has 2 aromatic carbocycles. The zero-order valence-corrected chi connectivity index (χ0v) is 11.0. The number of H-pyrrole nitrogens is 1. The number of aromatic amines is 1. The van der Waals surface area contributed by atoms with E-state index in [4.69, 9.17) is 22.1 Å². The molecule has 3 aromatic rings. The van der Waals surface area contributed by atoms with E-state index >= 15 is 0 Å². The van der Waals surface area contributed by atoms with Gasteiger partial charge < -0.3 is 15.5 Å². The van der Waals surface area contributed by atoms with Crippen LogP contribution >= 0.6 is 11.6 Å². The molecule has 0 saturated heterocycles. The fourth-order valence-corrected chi connectivity index (χ4v) is 2.06. The minimum Gasteiger partial charge on any atom is -0.497 e. The number of nitrogens with zero attached hydrogens (tertiary/aromatic N) is 1. The van der Waals surface area contributed by atoms with Gasteiger partial charge in [0.1, 0.15) is 11.6 Å². The molecule has 96 valence electrons. The summed E-state index contributed by atoms with van der Waals surface area (Å²) in [5.41, 5.74) is 9.04. The Morgan fingerprint density at radius 2 is 2.05 bits per heavy atom. The van der Waals surface area contributed by atoms with Gasteiger partial charge >= 0.3 is 0 Å². The van der Waals surface area contributed by atoms with E-state index in [-0.39, 0.29) is 0 Å². The Morgan fingerprint density at radius 3 is 2.79 bits per heavy atom. The SMILES string of the molecule is COc1ccc2nc(-c3ccc(Cl)c(N)c3)[nH]c2c1. The van der Waals surface area contributed by atoms with Crippen LogP contribution in [0.15, 0.2) is 36.4 Å². The largest absolute Gasteiger partial charge is 0.497 e. The van der Waals surface area contributed by atoms with Crippen molar-refractivity contribution in [3.63, 3.8) is 0 Å². The Labute approximate surface area is 115 Å². The Kier molecular flexibility index (Phi) is 2.80. The molecule has 1 heterocycles. The molecule has 1 aromatic heterocycles. The van der Waals surface area contributed by atoms with Crippen LogP contribution in [0.25, 0.3) is 22.4 Å². The van der Waals surface area contributed by atoms with E-state index in [1.54, 1.807) is 19.2 Å². The second kappa shape index (κ2) is 4.48. The van der Waals surface area contributed by atoms with Crippen LogP contribution in [0.1, 0.15) is 0 Å². The number of nitrogen functional groups attached to an aromatic ring is 1. The van der Waals surface area contributed by atoms with Crippen molar-refractivity contribution < 1.29 is 4.74 Å². The van der Waals surface area contributed by atoms with E-state index < -0.39 is 0 Å². The van der Waals surface area contributed by atoms with Crippen molar-refractivity contribution in [3.8, 4) is 17.1 Å². The average Bonchev–Trinajstić information content (AvgIpc) is 2.84. The maximum absolute atomic E-state index is 5.91. The fourth-order valence-electron chi connectivity index (χ4n) is 1.94. The zero-order chi connectivity index (χ0) is 13.4. The van der Waals surface area contributed by atoms with Crippen molar-refractivity contribution in [2.24, 2.45) is 0 Å². The number of aromatic nitrogens is 2. The number of benzene rings is 2. The number of halogens is 1. The molecule has 0 fully saturated rings. The van der Waals surface area contributed by atoms with Gasteiger partial charge in [-0.1, -0.05) is 11.6 Å². The number of methoxy groups -OCH3 is 1. The first-order chi connectivity index (χ1) is 9.17. The molecule has 0 bridgehead atoms. The molecule has 0 aliphatic rings. The van der Waals surface area contributed by atoms with Gasteiger partial charge in [-0.3, -0.25) is 0 Å². The average molecular weight is 274 g/mol. The molecule has 4 nitrogen and oxygen atoms in total. The third kappa shape index (κ3) is 2.11. The smallest absolute Gasteiger partial charge is 0.138 e. The fraction of sp³-hybridized carbons (Fsp3) is 0.0714. The monoisotopic (exact) mass is 273 g/mol. The van der Waals surface area contributed by atoms with Crippen LogP contribution in [0.3, 0.4) is 0 Å². The summed E-state index contributed by atoms with van der Waals surface area (Å²) in [4.78, 5) is 7.76. The van der Waals surface area contributed by atoms with Crippen molar-refractivity contribution in [2.45, 2.75) is 0 Å². The van der Waals surface area contributed by atoms with Crippen molar-refractivity contribution in [3.05, 3.63) is 41.4 Å². The number of fused-ring (bicyclic) bond motifs is 1. The topological polar surface area (TPSA) is 63.9 Å². The Hall–Kier alpha value is -2.20. The van der Waals surface area contributed by atoms with Crippen molar-refractivity contribution in [2.75, 3.05) is 12.8 Å². The molecule has 0 unspecified atom stereocenters. The van der Waals surface area contributed by atoms with Gasteiger partial charge in [0.25, 0.3) is 0 Å². The summed E-state index contributed by atoms with van der Waals surface area (Å²) >= 11 is 5.91. The Balaban J connectivity index is 2.11. The predicted molar refractivity (Wildman–Crippen MR) is 77.5 cm³/mol. The van der Waals surface area contributed by atoms with Gasteiger partial charge in [-0.25, -0.2) is 4.98 Å². The van der Waals surface area contributed by atoms with Gasteiger partial charge in [0.15, 0.2) is 0 Å². The molecule has 0 radical (unpaired) electrons. The number of imidazole rings is 1. The number of nitrogens with two attached hydrogens (primary N) is 1. The van der Waals surface area contributed by atoms with Gasteiger partial charge in [-0.15, -0.1) is 0 Å². The molecule has 3 rings (SSSR count). The van der Waals surface area contributed by atoms with Crippen LogP contribution < -0.4 is 10.5 Å². The molecule has 5 heteroatoms. The maximum atomic E-state index is 5.91. The standard InChI is InChI=1S/C14H12ClN3O/c1-19-9-3-5-12-13(7-9)18-14(17-12)8-2-4-10(15)11(16)6-8/h2-7H,16H2,1H3,(H,17,18). The molecule has 3 N–H and O–H groups in total. The Morgan fingerprint density at radius 1 is 1.21 bits per heavy atom. The van der Waals surface area contributed by atoms with E-state index in [1.807, 2.05) is 24.3 Å². The molecule has 19 heavy (non-hydrogen) atoms. The lowest BCUT2D eigenvalue weighted by Gasteiger charge is -2.00. The summed E-state index contributed by atoms with van der Waals surface area (Å²) in [7, 11) is 1.64. The summed E-state index contributed by atoms with van der Waals surface area (Å²) in [6.07, 6.45) is 0. The van der Waals surface area contributed by atoms with Gasteiger partial charge in [0.05, 0.1) is 28.9 Å². The lowest BCUT2D eigenvalue weighted by molar-refractivity contribution is 0.415. The molecule has 0 spiro atoms. The highest BCUT2D eigenvalue weighted by molar-refractivity contribution is 6.33. The van der Waals surface area contributed by atoms with E-state index in [0.29, 0.717) is 10.7 Å². The summed E-state index contributed by atoms with van der Waals surface area (Å²) < 4.78 is 5.19. The lowest BCUT2D eigenvalue weighted by Crippen LogP contribution is -1.88. The quantitative estimate of drug-likeness (QED) is 0.703. The predicted octanol–water partition coefficient (Wildman–Crippen LogP) is 3.47. The van der Waals surface area contributed by atoms with Crippen molar-refractivity contribution >= 4 is 28.3 Å². The Bertz CT molecular complexity index is 752. The minimum atomic E-state index is 0.539. The number of hydrogen-bond donors (Lipinski definition) is 2. The first-order valence-electron chi connectivity index (χ1n) is 5.76. The zero-order valence-electron chi connectivity index (χ0n) is 10.3. The van der Waals surface area contributed by atoms with E-state index in [0.717, 1.165) is 28.2 Å². The van der Waals surface area contributed by atoms with E-state index in [1.165, 1.54) is 0 Å². The van der Waals surface area contributed by atoms with E-state index in [9.17, 15) is 0 Å². The van der Waals surface area contributed by atoms with Gasteiger partial charge in [-0.05, 0) is 30.3 Å². The third-order valence-corrected chi connectivity index (χ3v) is 3.30. The number of hydrogen-bond acceptors (Lipinski definition) is 3. The van der Waals surface area contributed by atoms with Crippen LogP contribution in [-0.4, -0.2) is 17.1 Å². The number of rotatable bonds is 2. The first kappa shape index (κ1) is 11.9. The summed E-state index contributed by atoms with van der Waals surface area (Å²) in [6.45, 7) is 0. The molecule has 0 aliphatic heterocycles. The second-order valence-corrected chi connectivity index (χ2v) is 4.61. The van der Waals surface area contributed by atoms with Crippen LogP contribution in [0.4, 0.5) is 5.69 Å². The van der Waals surface area contributed by atoms with Crippen LogP contribution in [0, 0.1) is 0 Å². The number of nitrogens with one attached hydrogen (secondary N) is 1. The van der Waals surface area contributed by atoms with Crippen LogP contribution in [0.5, 0.6) is 5.75 Å². The summed E-state index contributed by atoms with van der Waals surface area (Å²) in [5, 5.41) is 0.543. The molecule has 0 saturated carbocycles. The van der Waals surface area contributed by atoms with Crippen LogP contribution in [0.2, 0.25) is 5.02 Å². The van der Waals surface area contributed by atoms with Gasteiger partial charge in [0, 0.05) is 11.6 Å². The van der Waals surface area contributed by atoms with E-state index in [2.05, 4.69) is 9.97 Å². The summed E-state index contributed by atoms with van der Waals surface area (Å²) in [6, 6.07) is 11.1. The normalized spacial score (nSPS) is 10.8. The molecule has 0 aliphatic carbocycles. The molecular weight excluding hydrogens is 262 g/mol. The molecular formula is C14H12ClN3O. The molecule has 0 amide bonds. The lowest BCUT2D eigenvalue weighted by atomic mass is 10.2. The maximum Gasteiger partial charge on any atom is 0.138 e. The highest BCUT2D eigenvalue weighted by Gasteiger charge is 2.07.